The molecule has 0 bridgehead atoms. The van der Waals surface area contributed by atoms with Crippen LogP contribution >= 0.6 is 0 Å². The number of piperazine rings is 1. The highest BCUT2D eigenvalue weighted by Gasteiger charge is 2.12. The van der Waals surface area contributed by atoms with Crippen molar-refractivity contribution in [1.82, 2.24) is 9.80 Å². The highest BCUT2D eigenvalue weighted by Crippen LogP contribution is 2.19. The van der Waals surface area contributed by atoms with Crippen LogP contribution in [0.25, 0.3) is 0 Å². The molecule has 0 saturated carbocycles. The third-order valence-electron chi connectivity index (χ3n) is 3.44. The summed E-state index contributed by atoms with van der Waals surface area (Å²) in [6.45, 7) is 6.64. The smallest absolute Gasteiger partial charge is 0.0568 e. The van der Waals surface area contributed by atoms with E-state index in [9.17, 15) is 0 Å². The molecule has 1 heterocycles. The lowest BCUT2D eigenvalue weighted by Gasteiger charge is -2.32. The number of nitrogens with one attached hydrogen (secondary N) is 1. The van der Waals surface area contributed by atoms with Crippen molar-refractivity contribution in [1.29, 1.82) is 0 Å². The maximum absolute atomic E-state index is 5.77. The van der Waals surface area contributed by atoms with Crippen LogP contribution in [0.15, 0.2) is 18.2 Å². The molecule has 1 aliphatic heterocycles. The number of likely N-dealkylation sites (N-methyl/N-ethyl adjacent to an activating group) is 1. The van der Waals surface area contributed by atoms with E-state index in [4.69, 9.17) is 11.5 Å². The molecule has 0 atom stereocenters. The van der Waals surface area contributed by atoms with E-state index < -0.39 is 0 Å². The molecule has 1 aliphatic rings. The summed E-state index contributed by atoms with van der Waals surface area (Å²) in [4.78, 5) is 4.85. The Bertz CT molecular complexity index is 385. The van der Waals surface area contributed by atoms with E-state index in [-0.39, 0.29) is 0 Å². The van der Waals surface area contributed by atoms with Gasteiger partial charge in [-0.3, -0.25) is 4.90 Å². The number of rotatable bonds is 4. The summed E-state index contributed by atoms with van der Waals surface area (Å²) in [5.41, 5.74) is 13.8. The molecule has 1 fully saturated rings. The molecule has 0 radical (unpaired) electrons. The Kier molecular flexibility index (Phi) is 4.28. The molecule has 18 heavy (non-hydrogen) atoms. The largest absolute Gasteiger partial charge is 0.397 e. The fourth-order valence-electron chi connectivity index (χ4n) is 2.11. The number of hydrogen-bond donors (Lipinski definition) is 3. The van der Waals surface area contributed by atoms with Gasteiger partial charge in [0, 0.05) is 45.0 Å². The van der Waals surface area contributed by atoms with Crippen LogP contribution in [-0.4, -0.2) is 56.1 Å². The molecular weight excluding hydrogens is 226 g/mol. The predicted octanol–water partition coefficient (Wildman–Crippen LogP) is 0.510. The fraction of sp³-hybridized carbons (Fsp3) is 0.538. The van der Waals surface area contributed by atoms with Gasteiger partial charge in [0.2, 0.25) is 0 Å². The maximum atomic E-state index is 5.77. The number of anilines is 3. The van der Waals surface area contributed by atoms with Crippen LogP contribution in [0.3, 0.4) is 0 Å². The Morgan fingerprint density at radius 3 is 2.50 bits per heavy atom. The van der Waals surface area contributed by atoms with Gasteiger partial charge in [-0.1, -0.05) is 0 Å². The van der Waals surface area contributed by atoms with Gasteiger partial charge in [-0.05, 0) is 25.2 Å². The predicted molar refractivity (Wildman–Crippen MR) is 77.7 cm³/mol. The second-order valence-corrected chi connectivity index (χ2v) is 4.92. The SMILES string of the molecule is CN1CCN(CCNc2ccc(N)c(N)c2)CC1. The minimum atomic E-state index is 0.639. The van der Waals surface area contributed by atoms with Gasteiger partial charge in [-0.15, -0.1) is 0 Å². The van der Waals surface area contributed by atoms with Crippen molar-refractivity contribution in [3.8, 4) is 0 Å². The second kappa shape index (κ2) is 5.93. The quantitative estimate of drug-likeness (QED) is 0.678. The Hall–Kier alpha value is -1.46. The first-order valence-electron chi connectivity index (χ1n) is 6.45. The Morgan fingerprint density at radius 2 is 1.83 bits per heavy atom. The highest BCUT2D eigenvalue weighted by molar-refractivity contribution is 5.69. The first kappa shape index (κ1) is 13.0. The molecule has 100 valence electrons. The zero-order chi connectivity index (χ0) is 13.0. The molecular formula is C13H23N5. The second-order valence-electron chi connectivity index (χ2n) is 4.92. The van der Waals surface area contributed by atoms with Gasteiger partial charge in [0.1, 0.15) is 0 Å². The lowest BCUT2D eigenvalue weighted by Crippen LogP contribution is -2.45. The number of nitrogens with zero attached hydrogens (tertiary/aromatic N) is 2. The van der Waals surface area contributed by atoms with E-state index in [1.54, 1.807) is 0 Å². The van der Waals surface area contributed by atoms with Crippen molar-refractivity contribution < 1.29 is 0 Å². The first-order valence-corrected chi connectivity index (χ1v) is 6.45. The standard InChI is InChI=1S/C13H23N5/c1-17-6-8-18(9-7-17)5-4-16-11-2-3-12(14)13(15)10-11/h2-3,10,16H,4-9,14-15H2,1H3. The lowest BCUT2D eigenvalue weighted by atomic mass is 10.2. The number of benzene rings is 1. The summed E-state index contributed by atoms with van der Waals surface area (Å²) < 4.78 is 0. The van der Waals surface area contributed by atoms with Crippen LogP contribution < -0.4 is 16.8 Å². The molecule has 1 aromatic rings. The van der Waals surface area contributed by atoms with Gasteiger partial charge in [-0.2, -0.15) is 0 Å². The third-order valence-corrected chi connectivity index (χ3v) is 3.44. The van der Waals surface area contributed by atoms with Gasteiger partial charge in [-0.25, -0.2) is 0 Å². The molecule has 1 saturated heterocycles. The molecule has 0 unspecified atom stereocenters. The molecule has 2 rings (SSSR count). The first-order chi connectivity index (χ1) is 8.65. The molecule has 5 N–H and O–H groups in total. The van der Waals surface area contributed by atoms with E-state index in [0.29, 0.717) is 11.4 Å². The summed E-state index contributed by atoms with van der Waals surface area (Å²) in [6, 6.07) is 5.70. The van der Waals surface area contributed by atoms with Crippen LogP contribution in [0.1, 0.15) is 0 Å². The van der Waals surface area contributed by atoms with Crippen molar-refractivity contribution in [3.05, 3.63) is 18.2 Å². The molecule has 0 spiro atoms. The Morgan fingerprint density at radius 1 is 1.11 bits per heavy atom. The van der Waals surface area contributed by atoms with E-state index in [2.05, 4.69) is 22.2 Å². The van der Waals surface area contributed by atoms with Crippen molar-refractivity contribution in [2.45, 2.75) is 0 Å². The van der Waals surface area contributed by atoms with Gasteiger partial charge in [0.05, 0.1) is 11.4 Å². The molecule has 0 aromatic heterocycles. The third kappa shape index (κ3) is 3.51. The molecule has 1 aromatic carbocycles. The van der Waals surface area contributed by atoms with Crippen molar-refractivity contribution in [2.24, 2.45) is 0 Å². The van der Waals surface area contributed by atoms with Crippen LogP contribution in [0.5, 0.6) is 0 Å². The molecule has 0 amide bonds. The average Bonchev–Trinajstić information content (AvgIpc) is 2.36. The van der Waals surface area contributed by atoms with Crippen molar-refractivity contribution in [2.75, 3.05) is 63.1 Å². The zero-order valence-electron chi connectivity index (χ0n) is 11.0. The van der Waals surface area contributed by atoms with Gasteiger partial charge >= 0.3 is 0 Å². The summed E-state index contributed by atoms with van der Waals surface area (Å²) >= 11 is 0. The molecule has 5 heteroatoms. The van der Waals surface area contributed by atoms with Gasteiger partial charge < -0.3 is 21.7 Å². The van der Waals surface area contributed by atoms with Crippen molar-refractivity contribution >= 4 is 17.1 Å². The number of nitrogen functional groups attached to an aromatic ring is 2. The van der Waals surface area contributed by atoms with E-state index in [1.807, 2.05) is 18.2 Å². The minimum Gasteiger partial charge on any atom is -0.397 e. The zero-order valence-corrected chi connectivity index (χ0v) is 11.0. The maximum Gasteiger partial charge on any atom is 0.0568 e. The van der Waals surface area contributed by atoms with E-state index >= 15 is 0 Å². The summed E-state index contributed by atoms with van der Waals surface area (Å²) in [7, 11) is 2.17. The monoisotopic (exact) mass is 249 g/mol. The Balaban J connectivity index is 1.73. The fourth-order valence-corrected chi connectivity index (χ4v) is 2.11. The van der Waals surface area contributed by atoms with Crippen LogP contribution in [0.4, 0.5) is 17.1 Å². The minimum absolute atomic E-state index is 0.639. The molecule has 5 nitrogen and oxygen atoms in total. The highest BCUT2D eigenvalue weighted by atomic mass is 15.2. The normalized spacial score (nSPS) is 17.8. The summed E-state index contributed by atoms with van der Waals surface area (Å²) in [5.74, 6) is 0. The lowest BCUT2D eigenvalue weighted by molar-refractivity contribution is 0.158. The summed E-state index contributed by atoms with van der Waals surface area (Å²) in [5, 5.41) is 3.38. The van der Waals surface area contributed by atoms with Gasteiger partial charge in [0.25, 0.3) is 0 Å². The van der Waals surface area contributed by atoms with Crippen LogP contribution in [0.2, 0.25) is 0 Å². The number of hydrogen-bond acceptors (Lipinski definition) is 5. The topological polar surface area (TPSA) is 70.5 Å². The van der Waals surface area contributed by atoms with E-state index in [1.165, 1.54) is 0 Å². The average molecular weight is 249 g/mol. The van der Waals surface area contributed by atoms with Crippen molar-refractivity contribution in [3.63, 3.8) is 0 Å². The van der Waals surface area contributed by atoms with Gasteiger partial charge in [0.15, 0.2) is 0 Å². The van der Waals surface area contributed by atoms with Crippen LogP contribution in [0, 0.1) is 0 Å². The Labute approximate surface area is 109 Å². The van der Waals surface area contributed by atoms with Crippen LogP contribution in [-0.2, 0) is 0 Å². The number of nitrogens with two attached hydrogens (primary N) is 2. The molecule has 0 aliphatic carbocycles. The van der Waals surface area contributed by atoms with E-state index in [0.717, 1.165) is 45.0 Å². The summed E-state index contributed by atoms with van der Waals surface area (Å²) in [6.07, 6.45) is 0.